The maximum Gasteiger partial charge on any atom is 0.329 e. The highest BCUT2D eigenvalue weighted by Gasteiger charge is 2.28. The zero-order valence-corrected chi connectivity index (χ0v) is 21.2. The summed E-state index contributed by atoms with van der Waals surface area (Å²) in [5.74, 6) is -0.909. The predicted octanol–water partition coefficient (Wildman–Crippen LogP) is 4.98. The fourth-order valence-corrected chi connectivity index (χ4v) is 5.87. The van der Waals surface area contributed by atoms with E-state index in [4.69, 9.17) is 4.98 Å². The van der Waals surface area contributed by atoms with Crippen molar-refractivity contribution in [3.8, 4) is 22.5 Å². The van der Waals surface area contributed by atoms with Crippen LogP contribution in [0.2, 0.25) is 0 Å². The van der Waals surface area contributed by atoms with Gasteiger partial charge in [0.25, 0.3) is 0 Å². The van der Waals surface area contributed by atoms with Crippen LogP contribution in [0.5, 0.6) is 0 Å². The smallest absolute Gasteiger partial charge is 0.329 e. The first-order valence-electron chi connectivity index (χ1n) is 12.8. The van der Waals surface area contributed by atoms with Gasteiger partial charge >= 0.3 is 11.7 Å². The van der Waals surface area contributed by atoms with Crippen LogP contribution in [0.4, 0.5) is 0 Å². The second-order valence-corrected chi connectivity index (χ2v) is 10.2. The van der Waals surface area contributed by atoms with E-state index in [1.807, 2.05) is 62.1 Å². The SMILES string of the molecule is CC(CC(=O)O)c1ccc(-c2c(-c3ccn(C)n3)[nH]c3ncc4c(c23)n(C2CCCC2)c(=O)n4C)cc1. The van der Waals surface area contributed by atoms with Gasteiger partial charge in [0, 0.05) is 31.9 Å². The van der Waals surface area contributed by atoms with Gasteiger partial charge < -0.3 is 10.1 Å². The molecule has 190 valence electrons. The van der Waals surface area contributed by atoms with Crippen molar-refractivity contribution < 1.29 is 9.90 Å². The van der Waals surface area contributed by atoms with E-state index >= 15 is 0 Å². The predicted molar refractivity (Wildman–Crippen MR) is 143 cm³/mol. The summed E-state index contributed by atoms with van der Waals surface area (Å²) in [6.45, 7) is 1.92. The highest BCUT2D eigenvalue weighted by molar-refractivity contribution is 6.14. The number of imidazole rings is 1. The molecule has 5 aromatic rings. The van der Waals surface area contributed by atoms with Gasteiger partial charge in [-0.3, -0.25) is 18.6 Å². The van der Waals surface area contributed by atoms with Crippen LogP contribution < -0.4 is 5.69 Å². The van der Waals surface area contributed by atoms with Gasteiger partial charge in [0.15, 0.2) is 0 Å². The van der Waals surface area contributed by atoms with Gasteiger partial charge in [-0.25, -0.2) is 9.78 Å². The molecule has 4 aromatic heterocycles. The fraction of sp³-hybridized carbons (Fsp3) is 0.357. The number of H-pyrrole nitrogens is 1. The molecule has 6 rings (SSSR count). The first-order chi connectivity index (χ1) is 17.8. The van der Waals surface area contributed by atoms with Gasteiger partial charge in [-0.05, 0) is 36.0 Å². The van der Waals surface area contributed by atoms with E-state index in [2.05, 4.69) is 10.1 Å². The Kier molecular flexibility index (Phi) is 5.51. The van der Waals surface area contributed by atoms with Crippen LogP contribution in [-0.4, -0.2) is 40.0 Å². The minimum atomic E-state index is -0.812. The summed E-state index contributed by atoms with van der Waals surface area (Å²) in [6, 6.07) is 10.2. The highest BCUT2D eigenvalue weighted by atomic mass is 16.4. The molecule has 0 spiro atoms. The Labute approximate surface area is 213 Å². The quantitative estimate of drug-likeness (QED) is 0.343. The Hall–Kier alpha value is -4.14. The molecule has 0 amide bonds. The van der Waals surface area contributed by atoms with E-state index in [1.54, 1.807) is 15.4 Å². The van der Waals surface area contributed by atoms with E-state index in [-0.39, 0.29) is 24.1 Å². The van der Waals surface area contributed by atoms with Crippen LogP contribution in [0.25, 0.3) is 44.6 Å². The Morgan fingerprint density at radius 2 is 1.89 bits per heavy atom. The lowest BCUT2D eigenvalue weighted by Gasteiger charge is -2.13. The van der Waals surface area contributed by atoms with Gasteiger partial charge in [-0.1, -0.05) is 44.0 Å². The summed E-state index contributed by atoms with van der Waals surface area (Å²) in [4.78, 5) is 33.0. The fourth-order valence-electron chi connectivity index (χ4n) is 5.87. The molecule has 0 radical (unpaired) electrons. The van der Waals surface area contributed by atoms with Crippen LogP contribution >= 0.6 is 0 Å². The number of aromatic amines is 1. The van der Waals surface area contributed by atoms with Gasteiger partial charge in [0.1, 0.15) is 11.3 Å². The third kappa shape index (κ3) is 3.77. The lowest BCUT2D eigenvalue weighted by atomic mass is 9.94. The number of aryl methyl sites for hydroxylation is 2. The van der Waals surface area contributed by atoms with Crippen molar-refractivity contribution in [3.05, 3.63) is 58.8 Å². The highest BCUT2D eigenvalue weighted by Crippen LogP contribution is 2.42. The maximum absolute atomic E-state index is 13.5. The summed E-state index contributed by atoms with van der Waals surface area (Å²) in [5, 5.41) is 14.8. The van der Waals surface area contributed by atoms with Crippen molar-refractivity contribution in [2.75, 3.05) is 0 Å². The first-order valence-corrected chi connectivity index (χ1v) is 12.8. The van der Waals surface area contributed by atoms with Gasteiger partial charge in [0.05, 0.1) is 34.7 Å². The van der Waals surface area contributed by atoms with Crippen molar-refractivity contribution >= 4 is 28.0 Å². The molecule has 2 N–H and O–H groups in total. The molecule has 1 aromatic carbocycles. The largest absolute Gasteiger partial charge is 0.481 e. The zero-order chi connectivity index (χ0) is 25.8. The molecule has 1 unspecified atom stereocenters. The summed E-state index contributed by atoms with van der Waals surface area (Å²) in [5.41, 5.74) is 6.92. The lowest BCUT2D eigenvalue weighted by Crippen LogP contribution is -2.24. The number of nitrogens with zero attached hydrogens (tertiary/aromatic N) is 5. The molecule has 0 bridgehead atoms. The van der Waals surface area contributed by atoms with Crippen LogP contribution in [0, 0.1) is 0 Å². The first kappa shape index (κ1) is 23.3. The Bertz CT molecular complexity index is 1700. The summed E-state index contributed by atoms with van der Waals surface area (Å²) < 4.78 is 5.45. The molecule has 1 aliphatic rings. The molecule has 1 saturated carbocycles. The van der Waals surface area contributed by atoms with E-state index in [0.717, 1.165) is 70.2 Å². The number of hydrogen-bond donors (Lipinski definition) is 2. The average Bonchev–Trinajstić information content (AvgIpc) is 3.66. The number of aliphatic carboxylic acids is 1. The van der Waals surface area contributed by atoms with Crippen LogP contribution in [-0.2, 0) is 18.9 Å². The number of rotatable bonds is 6. The standard InChI is InChI=1S/C28H30N6O3/c1-16(14-22(35)36)17-8-10-18(11-9-17)23-24-26-21(33(3)28(37)34(26)19-6-4-5-7-19)15-29-27(24)30-25(23)20-12-13-32(2)31-20/h8-13,15-16,19H,4-7,14H2,1-3H3,(H,29,30)(H,35,36). The molecule has 37 heavy (non-hydrogen) atoms. The number of carbonyl (C=O) groups is 1. The molecule has 0 aliphatic heterocycles. The lowest BCUT2D eigenvalue weighted by molar-refractivity contribution is -0.137. The Balaban J connectivity index is 1.65. The number of hydrogen-bond acceptors (Lipinski definition) is 4. The van der Waals surface area contributed by atoms with Crippen molar-refractivity contribution in [1.82, 2.24) is 28.9 Å². The number of aromatic nitrogens is 6. The molecule has 0 saturated heterocycles. The Morgan fingerprint density at radius 3 is 2.54 bits per heavy atom. The molecule has 9 nitrogen and oxygen atoms in total. The monoisotopic (exact) mass is 498 g/mol. The number of pyridine rings is 1. The summed E-state index contributed by atoms with van der Waals surface area (Å²) in [7, 11) is 3.70. The van der Waals surface area contributed by atoms with Crippen LogP contribution in [0.3, 0.4) is 0 Å². The van der Waals surface area contributed by atoms with Gasteiger partial charge in [-0.15, -0.1) is 0 Å². The normalized spacial score (nSPS) is 15.2. The van der Waals surface area contributed by atoms with Gasteiger partial charge in [0.2, 0.25) is 0 Å². The van der Waals surface area contributed by atoms with E-state index in [9.17, 15) is 14.7 Å². The average molecular weight is 499 g/mol. The summed E-state index contributed by atoms with van der Waals surface area (Å²) >= 11 is 0. The van der Waals surface area contributed by atoms with Gasteiger partial charge in [-0.2, -0.15) is 5.10 Å². The van der Waals surface area contributed by atoms with E-state index in [0.29, 0.717) is 5.65 Å². The van der Waals surface area contributed by atoms with Crippen LogP contribution in [0.15, 0.2) is 47.5 Å². The Morgan fingerprint density at radius 1 is 1.16 bits per heavy atom. The zero-order valence-electron chi connectivity index (χ0n) is 21.2. The third-order valence-electron chi connectivity index (χ3n) is 7.78. The molecule has 1 fully saturated rings. The van der Waals surface area contributed by atoms with Crippen LogP contribution in [0.1, 0.15) is 56.6 Å². The molecule has 1 atom stereocenters. The second kappa shape index (κ2) is 8.76. The third-order valence-corrected chi connectivity index (χ3v) is 7.78. The number of carboxylic acids is 1. The minimum Gasteiger partial charge on any atom is -0.481 e. The van der Waals surface area contributed by atoms with Crippen molar-refractivity contribution in [2.24, 2.45) is 14.1 Å². The number of nitrogens with one attached hydrogen (secondary N) is 1. The van der Waals surface area contributed by atoms with E-state index < -0.39 is 5.97 Å². The molecular weight excluding hydrogens is 468 g/mol. The minimum absolute atomic E-state index is 0.0134. The summed E-state index contributed by atoms with van der Waals surface area (Å²) in [6.07, 6.45) is 7.99. The number of benzene rings is 1. The molecule has 4 heterocycles. The topological polar surface area (TPSA) is 111 Å². The molecule has 1 aliphatic carbocycles. The maximum atomic E-state index is 13.5. The number of fused-ring (bicyclic) bond motifs is 3. The second-order valence-electron chi connectivity index (χ2n) is 10.2. The number of carboxylic acid groups (broad SMARTS) is 1. The van der Waals surface area contributed by atoms with Crippen molar-refractivity contribution in [1.29, 1.82) is 0 Å². The molecular formula is C28H30N6O3. The van der Waals surface area contributed by atoms with E-state index in [1.165, 1.54) is 0 Å². The van der Waals surface area contributed by atoms with Crippen molar-refractivity contribution in [2.45, 2.75) is 51.0 Å². The molecule has 9 heteroatoms. The van der Waals surface area contributed by atoms with Crippen molar-refractivity contribution in [3.63, 3.8) is 0 Å².